The third-order valence-electron chi connectivity index (χ3n) is 13.0. The van der Waals surface area contributed by atoms with E-state index in [1.165, 1.54) is 65.7 Å². The molecule has 11 aromatic rings. The van der Waals surface area contributed by atoms with Gasteiger partial charge in [0.1, 0.15) is 0 Å². The summed E-state index contributed by atoms with van der Waals surface area (Å²) in [6.45, 7) is 0. The van der Waals surface area contributed by atoms with Gasteiger partial charge in [0, 0.05) is 33.8 Å². The Labute approximate surface area is 368 Å². The van der Waals surface area contributed by atoms with E-state index >= 15 is 0 Å². The average Bonchev–Trinajstić information content (AvgIpc) is 3.65. The molecule has 2 nitrogen and oxygen atoms in total. The van der Waals surface area contributed by atoms with Gasteiger partial charge < -0.3 is 9.80 Å². The normalized spacial score (nSPS) is 12.6. The summed E-state index contributed by atoms with van der Waals surface area (Å²) in [5, 5.41) is 7.28. The van der Waals surface area contributed by atoms with Gasteiger partial charge in [-0.3, -0.25) is 0 Å². The Bertz CT molecular complexity index is 3410. The van der Waals surface area contributed by atoms with Crippen molar-refractivity contribution in [2.75, 3.05) is 9.80 Å². The van der Waals surface area contributed by atoms with E-state index in [1.807, 2.05) is 0 Å². The van der Waals surface area contributed by atoms with Crippen molar-refractivity contribution in [3.05, 3.63) is 277 Å². The molecule has 0 bridgehead atoms. The van der Waals surface area contributed by atoms with Gasteiger partial charge in [0.25, 0.3) is 0 Å². The minimum atomic E-state index is -0.667. The summed E-state index contributed by atoms with van der Waals surface area (Å²) in [5.74, 6) is 0. The van der Waals surface area contributed by atoms with E-state index in [2.05, 4.69) is 265 Å². The summed E-state index contributed by atoms with van der Waals surface area (Å²) >= 11 is 0. The smallest absolute Gasteiger partial charge is 0.0715 e. The Morgan fingerprint density at radius 1 is 0.270 bits per heavy atom. The molecule has 11 aromatic carbocycles. The van der Waals surface area contributed by atoms with E-state index in [0.717, 1.165) is 34.1 Å². The molecule has 0 spiro atoms. The van der Waals surface area contributed by atoms with E-state index < -0.39 is 5.41 Å². The lowest BCUT2D eigenvalue weighted by molar-refractivity contribution is 0.769. The fraction of sp³-hybridized carbons (Fsp3) is 0.0164. The molecule has 0 N–H and O–H groups in total. The predicted molar refractivity (Wildman–Crippen MR) is 266 cm³/mol. The number of anilines is 6. The lowest BCUT2D eigenvalue weighted by atomic mass is 9.67. The van der Waals surface area contributed by atoms with Gasteiger partial charge in [-0.15, -0.1) is 0 Å². The Hall–Kier alpha value is -8.20. The number of rotatable bonds is 8. The van der Waals surface area contributed by atoms with Gasteiger partial charge in [0.2, 0.25) is 0 Å². The largest absolute Gasteiger partial charge is 0.310 e. The van der Waals surface area contributed by atoms with Gasteiger partial charge >= 0.3 is 0 Å². The quantitative estimate of drug-likeness (QED) is 0.151. The van der Waals surface area contributed by atoms with Crippen molar-refractivity contribution in [1.82, 2.24) is 0 Å². The van der Waals surface area contributed by atoms with Crippen LogP contribution in [-0.2, 0) is 5.41 Å². The molecule has 0 heterocycles. The first-order chi connectivity index (χ1) is 31.3. The Kier molecular flexibility index (Phi) is 8.76. The van der Waals surface area contributed by atoms with Gasteiger partial charge in [-0.05, 0) is 127 Å². The molecule has 0 saturated heterocycles. The first kappa shape index (κ1) is 36.6. The first-order valence-electron chi connectivity index (χ1n) is 21.8. The highest BCUT2D eigenvalue weighted by molar-refractivity contribution is 6.11. The Morgan fingerprint density at radius 2 is 0.698 bits per heavy atom. The minimum Gasteiger partial charge on any atom is -0.310 e. The van der Waals surface area contributed by atoms with Gasteiger partial charge in [-0.2, -0.15) is 0 Å². The molecule has 1 aliphatic rings. The van der Waals surface area contributed by atoms with E-state index in [1.54, 1.807) is 0 Å². The van der Waals surface area contributed by atoms with Crippen molar-refractivity contribution in [3.8, 4) is 11.1 Å². The van der Waals surface area contributed by atoms with Crippen molar-refractivity contribution in [2.24, 2.45) is 0 Å². The third kappa shape index (κ3) is 5.95. The summed E-state index contributed by atoms with van der Waals surface area (Å²) in [6.07, 6.45) is 0. The number of hydrogen-bond acceptors (Lipinski definition) is 2. The number of hydrogen-bond donors (Lipinski definition) is 0. The summed E-state index contributed by atoms with van der Waals surface area (Å²) in [7, 11) is 0. The molecule has 12 rings (SSSR count). The highest BCUT2D eigenvalue weighted by Gasteiger charge is 2.48. The molecule has 0 aliphatic heterocycles. The van der Waals surface area contributed by atoms with Gasteiger partial charge in [0.05, 0.1) is 11.1 Å². The summed E-state index contributed by atoms with van der Waals surface area (Å²) < 4.78 is 0. The fourth-order valence-corrected chi connectivity index (χ4v) is 10.3. The summed E-state index contributed by atoms with van der Waals surface area (Å²) in [4.78, 5) is 4.87. The van der Waals surface area contributed by atoms with E-state index in [9.17, 15) is 0 Å². The van der Waals surface area contributed by atoms with Crippen LogP contribution in [0.4, 0.5) is 34.1 Å². The monoisotopic (exact) mass is 802 g/mol. The second kappa shape index (κ2) is 15.1. The van der Waals surface area contributed by atoms with Crippen molar-refractivity contribution >= 4 is 66.4 Å². The van der Waals surface area contributed by atoms with Crippen LogP contribution in [0.3, 0.4) is 0 Å². The van der Waals surface area contributed by atoms with Gasteiger partial charge in [0.15, 0.2) is 0 Å². The topological polar surface area (TPSA) is 6.48 Å². The molecule has 0 radical (unpaired) electrons. The van der Waals surface area contributed by atoms with Crippen molar-refractivity contribution in [2.45, 2.75) is 5.41 Å². The van der Waals surface area contributed by atoms with Gasteiger partial charge in [-0.25, -0.2) is 0 Å². The summed E-state index contributed by atoms with van der Waals surface area (Å²) in [6, 6.07) is 93.6. The second-order valence-corrected chi connectivity index (χ2v) is 16.5. The molecule has 0 fully saturated rings. The van der Waals surface area contributed by atoms with Crippen LogP contribution in [0.25, 0.3) is 43.4 Å². The van der Waals surface area contributed by atoms with Crippen molar-refractivity contribution in [3.63, 3.8) is 0 Å². The lowest BCUT2D eigenvalue weighted by Gasteiger charge is -2.36. The molecular formula is C61H42N2. The number of nitrogens with zero attached hydrogens (tertiary/aromatic N) is 2. The molecule has 0 amide bonds. The fourth-order valence-electron chi connectivity index (χ4n) is 10.3. The zero-order chi connectivity index (χ0) is 41.7. The van der Waals surface area contributed by atoms with Crippen LogP contribution in [0.15, 0.2) is 255 Å². The zero-order valence-electron chi connectivity index (χ0n) is 34.6. The number of benzene rings is 11. The van der Waals surface area contributed by atoms with E-state index in [0.29, 0.717) is 0 Å². The number of para-hydroxylation sites is 2. The highest BCUT2D eigenvalue weighted by Crippen LogP contribution is 2.60. The minimum absolute atomic E-state index is 0.667. The van der Waals surface area contributed by atoms with Crippen molar-refractivity contribution < 1.29 is 0 Å². The SMILES string of the molecule is c1ccc(N(c2ccc3c(c2)C(c2ccccc2)(c2ccccc2)c2cc(N(c4ccccc4)c4ccc5ccccc5c4)c4ccccc4c2-3)c2ccc3ccccc3c2)cc1. The highest BCUT2D eigenvalue weighted by atomic mass is 15.1. The average molecular weight is 803 g/mol. The maximum Gasteiger partial charge on any atom is 0.0715 e. The van der Waals surface area contributed by atoms with Crippen LogP contribution in [0.1, 0.15) is 22.3 Å². The van der Waals surface area contributed by atoms with E-state index in [4.69, 9.17) is 0 Å². The lowest BCUT2D eigenvalue weighted by Crippen LogP contribution is -2.29. The van der Waals surface area contributed by atoms with Crippen LogP contribution in [0.5, 0.6) is 0 Å². The molecule has 63 heavy (non-hydrogen) atoms. The number of fused-ring (bicyclic) bond motifs is 7. The first-order valence-corrected chi connectivity index (χ1v) is 21.8. The molecule has 0 unspecified atom stereocenters. The summed E-state index contributed by atoms with van der Waals surface area (Å²) in [5.41, 5.74) is 13.5. The molecule has 0 aromatic heterocycles. The van der Waals surface area contributed by atoms with Crippen LogP contribution in [0.2, 0.25) is 0 Å². The molecule has 2 heteroatoms. The standard InChI is InChI=1S/C61H42N2/c1-5-23-47(24-6-1)61(48-25-7-2-8-26-48)57-41-53(62(49-27-9-3-10-28-49)51-35-33-43-19-13-15-21-45(43)39-51)37-38-56(57)60-55-32-18-17-31-54(55)59(42-58(60)61)63(50-29-11-4-12-30-50)52-36-34-44-20-14-16-22-46(44)40-52/h1-42H. The van der Waals surface area contributed by atoms with Gasteiger partial charge in [-0.1, -0.05) is 188 Å². The van der Waals surface area contributed by atoms with Crippen LogP contribution in [-0.4, -0.2) is 0 Å². The van der Waals surface area contributed by atoms with Crippen molar-refractivity contribution in [1.29, 1.82) is 0 Å². The third-order valence-corrected chi connectivity index (χ3v) is 13.0. The molecule has 296 valence electrons. The maximum absolute atomic E-state index is 2.51. The zero-order valence-corrected chi connectivity index (χ0v) is 34.6. The molecule has 0 atom stereocenters. The molecule has 0 saturated carbocycles. The van der Waals surface area contributed by atoms with E-state index in [-0.39, 0.29) is 0 Å². The second-order valence-electron chi connectivity index (χ2n) is 16.5. The van der Waals surface area contributed by atoms with Crippen LogP contribution in [0, 0.1) is 0 Å². The molecular weight excluding hydrogens is 761 g/mol. The van der Waals surface area contributed by atoms with Crippen LogP contribution >= 0.6 is 0 Å². The Balaban J connectivity index is 1.18. The molecule has 1 aliphatic carbocycles. The Morgan fingerprint density at radius 3 is 1.27 bits per heavy atom. The predicted octanol–water partition coefficient (Wildman–Crippen LogP) is 16.4. The van der Waals surface area contributed by atoms with Crippen LogP contribution < -0.4 is 9.80 Å². The maximum atomic E-state index is 2.51.